The zero-order valence-corrected chi connectivity index (χ0v) is 13.8. The first kappa shape index (κ1) is 16.0. The molecule has 0 aromatic heterocycles. The van der Waals surface area contributed by atoms with Gasteiger partial charge in [0, 0.05) is 16.4 Å². The molecule has 1 atom stereocenters. The third-order valence-electron chi connectivity index (χ3n) is 3.24. The average molecular weight is 369 g/mol. The van der Waals surface area contributed by atoms with Crippen LogP contribution in [0.25, 0.3) is 0 Å². The van der Waals surface area contributed by atoms with Gasteiger partial charge >= 0.3 is 0 Å². The molecule has 0 spiro atoms. The van der Waals surface area contributed by atoms with Crippen LogP contribution in [0.1, 0.15) is 18.1 Å². The summed E-state index contributed by atoms with van der Waals surface area (Å²) < 4.78 is 0.921. The molecule has 21 heavy (non-hydrogen) atoms. The number of hydrogen-bond donors (Lipinski definition) is 2. The van der Waals surface area contributed by atoms with E-state index < -0.39 is 5.60 Å². The molecule has 2 aromatic rings. The van der Waals surface area contributed by atoms with E-state index in [1.165, 1.54) is 6.92 Å². The van der Waals surface area contributed by atoms with Crippen molar-refractivity contribution in [2.75, 3.05) is 6.54 Å². The molecule has 0 bridgehead atoms. The highest BCUT2D eigenvalue weighted by Gasteiger charge is 2.31. The second-order valence-corrected chi connectivity index (χ2v) is 6.14. The van der Waals surface area contributed by atoms with E-state index in [-0.39, 0.29) is 12.5 Å². The summed E-state index contributed by atoms with van der Waals surface area (Å²) >= 11 is 9.27. The van der Waals surface area contributed by atoms with E-state index >= 15 is 0 Å². The van der Waals surface area contributed by atoms with Crippen molar-refractivity contribution in [2.45, 2.75) is 12.5 Å². The lowest BCUT2D eigenvalue weighted by molar-refractivity contribution is -0.119. The number of benzene rings is 2. The molecule has 0 aliphatic heterocycles. The summed E-state index contributed by atoms with van der Waals surface area (Å²) in [4.78, 5) is 11.2. The molecule has 2 N–H and O–H groups in total. The summed E-state index contributed by atoms with van der Waals surface area (Å²) in [5.74, 6) is -0.195. The molecule has 1 amide bonds. The van der Waals surface area contributed by atoms with E-state index in [9.17, 15) is 9.90 Å². The first-order chi connectivity index (χ1) is 9.91. The SMILES string of the molecule is CC(=O)NCC(O)(c1ccc(Cl)cc1)c1ccc(Br)cc1. The standard InChI is InChI=1S/C16H15BrClNO2/c1-11(20)19-10-16(21,12-2-6-14(17)7-3-12)13-4-8-15(18)9-5-13/h2-9,21H,10H2,1H3,(H,19,20). The molecule has 2 aromatic carbocycles. The van der Waals surface area contributed by atoms with Crippen LogP contribution in [0.5, 0.6) is 0 Å². The predicted molar refractivity (Wildman–Crippen MR) is 87.3 cm³/mol. The molecule has 0 saturated heterocycles. The lowest BCUT2D eigenvalue weighted by atomic mass is 9.86. The van der Waals surface area contributed by atoms with Crippen molar-refractivity contribution >= 4 is 33.4 Å². The second-order valence-electron chi connectivity index (χ2n) is 4.78. The second kappa shape index (κ2) is 6.60. The van der Waals surface area contributed by atoms with E-state index in [2.05, 4.69) is 21.2 Å². The molecule has 0 aliphatic carbocycles. The number of nitrogens with one attached hydrogen (secondary N) is 1. The maximum Gasteiger partial charge on any atom is 0.216 e. The summed E-state index contributed by atoms with van der Waals surface area (Å²) in [5, 5.41) is 14.4. The Morgan fingerprint density at radius 1 is 1.14 bits per heavy atom. The maximum absolute atomic E-state index is 11.2. The van der Waals surface area contributed by atoms with Crippen LogP contribution in [0.3, 0.4) is 0 Å². The Bertz CT molecular complexity index is 580. The maximum atomic E-state index is 11.2. The predicted octanol–water partition coefficient (Wildman–Crippen LogP) is 3.47. The molecule has 0 saturated carbocycles. The minimum Gasteiger partial charge on any atom is -0.379 e. The third-order valence-corrected chi connectivity index (χ3v) is 4.02. The number of hydrogen-bond acceptors (Lipinski definition) is 2. The number of carbonyl (C=O) groups is 1. The Balaban J connectivity index is 2.44. The Hall–Kier alpha value is -1.36. The fourth-order valence-corrected chi connectivity index (χ4v) is 2.46. The van der Waals surface area contributed by atoms with Gasteiger partial charge in [-0.15, -0.1) is 0 Å². The van der Waals surface area contributed by atoms with Gasteiger partial charge in [0.25, 0.3) is 0 Å². The molecule has 0 fully saturated rings. The van der Waals surface area contributed by atoms with Gasteiger partial charge in [0.15, 0.2) is 0 Å². The van der Waals surface area contributed by atoms with E-state index in [1.807, 2.05) is 24.3 Å². The zero-order chi connectivity index (χ0) is 15.5. The van der Waals surface area contributed by atoms with Crippen molar-refractivity contribution in [3.63, 3.8) is 0 Å². The molecule has 2 rings (SSSR count). The monoisotopic (exact) mass is 367 g/mol. The normalized spacial score (nSPS) is 13.5. The molecular weight excluding hydrogens is 354 g/mol. The van der Waals surface area contributed by atoms with Gasteiger partial charge < -0.3 is 10.4 Å². The van der Waals surface area contributed by atoms with Crippen LogP contribution in [-0.2, 0) is 10.4 Å². The van der Waals surface area contributed by atoms with E-state index in [0.29, 0.717) is 16.1 Å². The van der Waals surface area contributed by atoms with Crippen molar-refractivity contribution in [1.82, 2.24) is 5.32 Å². The van der Waals surface area contributed by atoms with Crippen molar-refractivity contribution in [3.8, 4) is 0 Å². The molecule has 1 unspecified atom stereocenters. The van der Waals surface area contributed by atoms with Crippen molar-refractivity contribution in [3.05, 3.63) is 69.2 Å². The van der Waals surface area contributed by atoms with E-state index in [4.69, 9.17) is 11.6 Å². The topological polar surface area (TPSA) is 49.3 Å². The van der Waals surface area contributed by atoms with Crippen LogP contribution in [0, 0.1) is 0 Å². The molecule has 5 heteroatoms. The van der Waals surface area contributed by atoms with Crippen LogP contribution in [0.2, 0.25) is 5.02 Å². The average Bonchev–Trinajstić information content (AvgIpc) is 2.46. The Morgan fingerprint density at radius 3 is 2.10 bits per heavy atom. The van der Waals surface area contributed by atoms with Crippen LogP contribution in [0.4, 0.5) is 0 Å². The highest BCUT2D eigenvalue weighted by atomic mass is 79.9. The first-order valence-corrected chi connectivity index (χ1v) is 7.58. The van der Waals surface area contributed by atoms with Gasteiger partial charge in [-0.1, -0.05) is 51.8 Å². The van der Waals surface area contributed by atoms with Gasteiger partial charge in [0.2, 0.25) is 5.91 Å². The van der Waals surface area contributed by atoms with Crippen LogP contribution >= 0.6 is 27.5 Å². The number of amides is 1. The van der Waals surface area contributed by atoms with E-state index in [0.717, 1.165) is 4.47 Å². The van der Waals surface area contributed by atoms with Crippen LogP contribution in [-0.4, -0.2) is 17.6 Å². The molecular formula is C16H15BrClNO2. The summed E-state index contributed by atoms with van der Waals surface area (Å²) in [7, 11) is 0. The fraction of sp³-hybridized carbons (Fsp3) is 0.188. The smallest absolute Gasteiger partial charge is 0.216 e. The minimum absolute atomic E-state index is 0.0889. The summed E-state index contributed by atoms with van der Waals surface area (Å²) in [6, 6.07) is 14.3. The Morgan fingerprint density at radius 2 is 1.62 bits per heavy atom. The molecule has 3 nitrogen and oxygen atoms in total. The van der Waals surface area contributed by atoms with Gasteiger partial charge in [-0.25, -0.2) is 0 Å². The summed E-state index contributed by atoms with van der Waals surface area (Å²) in [5.41, 5.74) is 0.0569. The quantitative estimate of drug-likeness (QED) is 0.868. The minimum atomic E-state index is -1.31. The lowest BCUT2D eigenvalue weighted by Crippen LogP contribution is -2.40. The number of rotatable bonds is 4. The molecule has 0 aliphatic rings. The van der Waals surface area contributed by atoms with Gasteiger partial charge in [-0.05, 0) is 35.4 Å². The highest BCUT2D eigenvalue weighted by molar-refractivity contribution is 9.10. The Labute approximate surface area is 137 Å². The fourth-order valence-electron chi connectivity index (χ4n) is 2.07. The van der Waals surface area contributed by atoms with E-state index in [1.54, 1.807) is 24.3 Å². The zero-order valence-electron chi connectivity index (χ0n) is 11.4. The van der Waals surface area contributed by atoms with Crippen molar-refractivity contribution in [2.24, 2.45) is 0 Å². The van der Waals surface area contributed by atoms with Gasteiger partial charge in [0.05, 0.1) is 6.54 Å². The lowest BCUT2D eigenvalue weighted by Gasteiger charge is -2.29. The number of halogens is 2. The Kier molecular flexibility index (Phi) is 5.04. The summed E-state index contributed by atoms with van der Waals surface area (Å²) in [6.45, 7) is 1.51. The van der Waals surface area contributed by atoms with Crippen LogP contribution in [0.15, 0.2) is 53.0 Å². The molecule has 0 radical (unpaired) electrons. The third kappa shape index (κ3) is 3.84. The van der Waals surface area contributed by atoms with Gasteiger partial charge in [-0.3, -0.25) is 4.79 Å². The van der Waals surface area contributed by atoms with Crippen LogP contribution < -0.4 is 5.32 Å². The highest BCUT2D eigenvalue weighted by Crippen LogP contribution is 2.30. The van der Waals surface area contributed by atoms with Crippen molar-refractivity contribution in [1.29, 1.82) is 0 Å². The van der Waals surface area contributed by atoms with Gasteiger partial charge in [0.1, 0.15) is 5.60 Å². The molecule has 0 heterocycles. The van der Waals surface area contributed by atoms with Gasteiger partial charge in [-0.2, -0.15) is 0 Å². The summed E-state index contributed by atoms with van der Waals surface area (Å²) in [6.07, 6.45) is 0. The molecule has 110 valence electrons. The number of carbonyl (C=O) groups excluding carboxylic acids is 1. The van der Waals surface area contributed by atoms with Crippen molar-refractivity contribution < 1.29 is 9.90 Å². The first-order valence-electron chi connectivity index (χ1n) is 6.41. The largest absolute Gasteiger partial charge is 0.379 e. The number of aliphatic hydroxyl groups is 1.